The largest absolute Gasteiger partial charge is 0.480 e. The van der Waals surface area contributed by atoms with E-state index in [0.29, 0.717) is 18.1 Å². The van der Waals surface area contributed by atoms with Crippen LogP contribution in [0.25, 0.3) is 0 Å². The molecule has 3 aliphatic rings. The number of nitrogens with zero attached hydrogens (tertiary/aromatic N) is 1. The normalized spacial score (nSPS) is 30.2. The van der Waals surface area contributed by atoms with E-state index in [1.165, 1.54) is 12.0 Å². The molecule has 2 fully saturated rings. The fourth-order valence-corrected chi connectivity index (χ4v) is 4.78. The molecular formula is C15H21NO3S. The van der Waals surface area contributed by atoms with Crippen LogP contribution in [0.4, 0.5) is 0 Å². The molecular weight excluding hydrogens is 274 g/mol. The van der Waals surface area contributed by atoms with Crippen LogP contribution in [0.5, 0.6) is 0 Å². The summed E-state index contributed by atoms with van der Waals surface area (Å²) >= 11 is 1.65. The Kier molecular flexibility index (Phi) is 4.06. The Morgan fingerprint density at radius 2 is 2.15 bits per heavy atom. The van der Waals surface area contributed by atoms with Crippen LogP contribution < -0.4 is 0 Å². The molecule has 1 aliphatic heterocycles. The van der Waals surface area contributed by atoms with Crippen LogP contribution in [0.2, 0.25) is 0 Å². The van der Waals surface area contributed by atoms with Gasteiger partial charge in [-0.2, -0.15) is 0 Å². The molecule has 20 heavy (non-hydrogen) atoms. The molecule has 0 aromatic heterocycles. The fourth-order valence-electron chi connectivity index (χ4n) is 3.13. The van der Waals surface area contributed by atoms with E-state index in [1.54, 1.807) is 16.7 Å². The number of hydrogen-bond donors (Lipinski definition) is 1. The summed E-state index contributed by atoms with van der Waals surface area (Å²) in [4.78, 5) is 25.6. The third-order valence-corrected chi connectivity index (χ3v) is 5.86. The molecule has 1 amide bonds. The SMILES string of the molecule is O=C(O)C1CSC(C2CC2)N1C(=O)CC1=CCCCC1. The van der Waals surface area contributed by atoms with Gasteiger partial charge in [0.25, 0.3) is 0 Å². The van der Waals surface area contributed by atoms with E-state index in [9.17, 15) is 14.7 Å². The van der Waals surface area contributed by atoms with Crippen molar-refractivity contribution in [2.24, 2.45) is 5.92 Å². The van der Waals surface area contributed by atoms with Gasteiger partial charge in [0.05, 0.1) is 5.37 Å². The van der Waals surface area contributed by atoms with E-state index in [2.05, 4.69) is 6.08 Å². The Balaban J connectivity index is 1.71. The lowest BCUT2D eigenvalue weighted by atomic mass is 9.96. The van der Waals surface area contributed by atoms with Crippen molar-refractivity contribution >= 4 is 23.6 Å². The van der Waals surface area contributed by atoms with Crippen molar-refractivity contribution in [1.29, 1.82) is 0 Å². The van der Waals surface area contributed by atoms with Gasteiger partial charge in [0.15, 0.2) is 0 Å². The monoisotopic (exact) mass is 295 g/mol. The molecule has 5 heteroatoms. The van der Waals surface area contributed by atoms with Crippen molar-refractivity contribution in [1.82, 2.24) is 4.90 Å². The van der Waals surface area contributed by atoms with Crippen LogP contribution in [0, 0.1) is 5.92 Å². The topological polar surface area (TPSA) is 57.6 Å². The zero-order chi connectivity index (χ0) is 14.1. The highest BCUT2D eigenvalue weighted by atomic mass is 32.2. The quantitative estimate of drug-likeness (QED) is 0.810. The number of allylic oxidation sites excluding steroid dienone is 1. The van der Waals surface area contributed by atoms with Gasteiger partial charge < -0.3 is 10.0 Å². The Labute approximate surface area is 123 Å². The van der Waals surface area contributed by atoms with Crippen molar-refractivity contribution in [3.63, 3.8) is 0 Å². The molecule has 1 saturated carbocycles. The zero-order valence-electron chi connectivity index (χ0n) is 11.6. The van der Waals surface area contributed by atoms with Gasteiger partial charge in [0, 0.05) is 12.2 Å². The van der Waals surface area contributed by atoms with Crippen molar-refractivity contribution in [3.05, 3.63) is 11.6 Å². The number of amides is 1. The van der Waals surface area contributed by atoms with Gasteiger partial charge in [-0.25, -0.2) is 4.79 Å². The van der Waals surface area contributed by atoms with E-state index < -0.39 is 12.0 Å². The Morgan fingerprint density at radius 1 is 1.35 bits per heavy atom. The van der Waals surface area contributed by atoms with E-state index in [0.717, 1.165) is 32.1 Å². The molecule has 0 spiro atoms. The summed E-state index contributed by atoms with van der Waals surface area (Å²) in [5.41, 5.74) is 1.21. The first-order valence-corrected chi connectivity index (χ1v) is 8.55. The lowest BCUT2D eigenvalue weighted by molar-refractivity contribution is -0.149. The van der Waals surface area contributed by atoms with Gasteiger partial charge in [-0.1, -0.05) is 11.6 Å². The van der Waals surface area contributed by atoms with E-state index in [-0.39, 0.29) is 11.3 Å². The first-order valence-electron chi connectivity index (χ1n) is 7.50. The third-order valence-electron chi connectivity index (χ3n) is 4.40. The number of carboxylic acid groups (broad SMARTS) is 1. The maximum Gasteiger partial charge on any atom is 0.327 e. The molecule has 1 saturated heterocycles. The van der Waals surface area contributed by atoms with Crippen LogP contribution in [-0.2, 0) is 9.59 Å². The number of rotatable bonds is 4. The van der Waals surface area contributed by atoms with Gasteiger partial charge in [-0.05, 0) is 44.4 Å². The molecule has 2 atom stereocenters. The smallest absolute Gasteiger partial charge is 0.327 e. The molecule has 0 radical (unpaired) electrons. The summed E-state index contributed by atoms with van der Waals surface area (Å²) in [6.07, 6.45) is 9.29. The minimum Gasteiger partial charge on any atom is -0.480 e. The Morgan fingerprint density at radius 3 is 2.75 bits per heavy atom. The molecule has 0 aromatic carbocycles. The highest BCUT2D eigenvalue weighted by Crippen LogP contribution is 2.45. The second-order valence-corrected chi connectivity index (χ2v) is 7.15. The first kappa shape index (κ1) is 14.0. The van der Waals surface area contributed by atoms with Crippen LogP contribution in [0.3, 0.4) is 0 Å². The van der Waals surface area contributed by atoms with Gasteiger partial charge >= 0.3 is 5.97 Å². The molecule has 1 heterocycles. The Bertz CT molecular complexity index is 444. The minimum atomic E-state index is -0.855. The average molecular weight is 295 g/mol. The summed E-state index contributed by atoms with van der Waals surface area (Å²) in [6.45, 7) is 0. The number of carbonyl (C=O) groups excluding carboxylic acids is 1. The van der Waals surface area contributed by atoms with E-state index in [1.807, 2.05) is 0 Å². The molecule has 0 bridgehead atoms. The highest BCUT2D eigenvalue weighted by Gasteiger charge is 2.47. The maximum atomic E-state index is 12.6. The van der Waals surface area contributed by atoms with Crippen LogP contribution in [0.15, 0.2) is 11.6 Å². The summed E-state index contributed by atoms with van der Waals surface area (Å²) < 4.78 is 0. The summed E-state index contributed by atoms with van der Waals surface area (Å²) in [7, 11) is 0. The lowest BCUT2D eigenvalue weighted by Crippen LogP contribution is -2.46. The van der Waals surface area contributed by atoms with Crippen LogP contribution >= 0.6 is 11.8 Å². The second kappa shape index (κ2) is 5.80. The van der Waals surface area contributed by atoms with Gasteiger partial charge in [0.2, 0.25) is 5.91 Å². The fraction of sp³-hybridized carbons (Fsp3) is 0.733. The molecule has 110 valence electrons. The summed E-state index contributed by atoms with van der Waals surface area (Å²) in [5, 5.41) is 9.44. The van der Waals surface area contributed by atoms with Gasteiger partial charge in [-0.15, -0.1) is 11.8 Å². The number of thioether (sulfide) groups is 1. The third kappa shape index (κ3) is 2.87. The van der Waals surface area contributed by atoms with E-state index >= 15 is 0 Å². The number of hydrogen-bond acceptors (Lipinski definition) is 3. The summed E-state index contributed by atoms with van der Waals surface area (Å²) in [5.74, 6) is 0.231. The number of carbonyl (C=O) groups is 2. The lowest BCUT2D eigenvalue weighted by Gasteiger charge is -2.28. The zero-order valence-corrected chi connectivity index (χ0v) is 12.4. The van der Waals surface area contributed by atoms with Gasteiger partial charge in [0.1, 0.15) is 6.04 Å². The molecule has 2 aliphatic carbocycles. The van der Waals surface area contributed by atoms with Gasteiger partial charge in [-0.3, -0.25) is 4.79 Å². The molecule has 4 nitrogen and oxygen atoms in total. The predicted molar refractivity (Wildman–Crippen MR) is 78.4 cm³/mol. The Hall–Kier alpha value is -0.970. The molecule has 2 unspecified atom stereocenters. The van der Waals surface area contributed by atoms with Crippen LogP contribution in [-0.4, -0.2) is 39.1 Å². The minimum absolute atomic E-state index is 0.0208. The molecule has 3 rings (SSSR count). The van der Waals surface area contributed by atoms with Crippen LogP contribution in [0.1, 0.15) is 44.9 Å². The first-order chi connectivity index (χ1) is 9.66. The standard InChI is InChI=1S/C15H21NO3S/c17-13(8-10-4-2-1-3-5-10)16-12(15(18)19)9-20-14(16)11-6-7-11/h4,11-12,14H,1-3,5-9H2,(H,18,19). The highest BCUT2D eigenvalue weighted by molar-refractivity contribution is 8.00. The number of carboxylic acids is 1. The van der Waals surface area contributed by atoms with E-state index in [4.69, 9.17) is 0 Å². The molecule has 1 N–H and O–H groups in total. The summed E-state index contributed by atoms with van der Waals surface area (Å²) in [6, 6.07) is -0.623. The van der Waals surface area contributed by atoms with Crippen molar-refractivity contribution in [2.75, 3.05) is 5.75 Å². The van der Waals surface area contributed by atoms with Crippen molar-refractivity contribution in [2.45, 2.75) is 56.4 Å². The second-order valence-electron chi connectivity index (χ2n) is 6.00. The van der Waals surface area contributed by atoms with Crippen molar-refractivity contribution in [3.8, 4) is 0 Å². The van der Waals surface area contributed by atoms with Crippen molar-refractivity contribution < 1.29 is 14.7 Å². The predicted octanol–water partition coefficient (Wildman–Crippen LogP) is 2.64. The average Bonchev–Trinajstić information content (AvgIpc) is 3.17. The number of aliphatic carboxylic acids is 1. The molecule has 0 aromatic rings. The maximum absolute atomic E-state index is 12.6.